The van der Waals surface area contributed by atoms with Crippen molar-refractivity contribution in [3.63, 3.8) is 0 Å². The average Bonchev–Trinajstić information content (AvgIpc) is 3.61. The number of nitrogens with one attached hydrogen (secondary N) is 3. The maximum atomic E-state index is 14.1. The SMILES string of the molecule is C=C(Nc1ncc(-c2cccc(C(=O)NC)c2)n(Cc2cc(C(=O)c3ccc(F)cc3)cc(N3CCCC3)c2)c1=O)[C@H](C)NC. The van der Waals surface area contributed by atoms with Crippen LogP contribution >= 0.6 is 0 Å². The van der Waals surface area contributed by atoms with Gasteiger partial charge in [-0.05, 0) is 87.0 Å². The van der Waals surface area contributed by atoms with Crippen LogP contribution in [0.2, 0.25) is 0 Å². The Balaban J connectivity index is 1.63. The molecule has 10 heteroatoms. The largest absolute Gasteiger partial charge is 0.372 e. The quantitative estimate of drug-likeness (QED) is 0.210. The van der Waals surface area contributed by atoms with Gasteiger partial charge in [-0.3, -0.25) is 19.0 Å². The molecule has 1 atom stereocenters. The predicted molar refractivity (Wildman–Crippen MR) is 175 cm³/mol. The summed E-state index contributed by atoms with van der Waals surface area (Å²) in [6, 6.07) is 18.0. The van der Waals surface area contributed by atoms with E-state index in [0.717, 1.165) is 37.2 Å². The number of anilines is 2. The molecule has 1 aliphatic heterocycles. The van der Waals surface area contributed by atoms with Crippen molar-refractivity contribution in [1.29, 1.82) is 0 Å². The minimum atomic E-state index is -0.417. The van der Waals surface area contributed by atoms with Crippen molar-refractivity contribution in [2.75, 3.05) is 37.4 Å². The Morgan fingerprint density at radius 3 is 2.40 bits per heavy atom. The van der Waals surface area contributed by atoms with E-state index in [1.54, 1.807) is 49.1 Å². The van der Waals surface area contributed by atoms with Crippen LogP contribution in [0, 0.1) is 5.82 Å². The highest BCUT2D eigenvalue weighted by Gasteiger charge is 2.20. The molecule has 0 unspecified atom stereocenters. The van der Waals surface area contributed by atoms with E-state index in [2.05, 4.69) is 32.4 Å². The Labute approximate surface area is 261 Å². The van der Waals surface area contributed by atoms with Crippen LogP contribution in [0.5, 0.6) is 0 Å². The molecule has 5 rings (SSSR count). The molecular weight excluding hydrogens is 571 g/mol. The van der Waals surface area contributed by atoms with Gasteiger partial charge < -0.3 is 20.9 Å². The Morgan fingerprint density at radius 2 is 1.71 bits per heavy atom. The van der Waals surface area contributed by atoms with Gasteiger partial charge in [0.05, 0.1) is 18.4 Å². The highest BCUT2D eigenvalue weighted by molar-refractivity contribution is 6.09. The molecule has 3 N–H and O–H groups in total. The number of hydrogen-bond donors (Lipinski definition) is 3. The van der Waals surface area contributed by atoms with Crippen molar-refractivity contribution < 1.29 is 14.0 Å². The van der Waals surface area contributed by atoms with Gasteiger partial charge in [0.1, 0.15) is 5.82 Å². The van der Waals surface area contributed by atoms with Crippen LogP contribution in [-0.2, 0) is 6.54 Å². The highest BCUT2D eigenvalue weighted by Crippen LogP contribution is 2.27. The average molecular weight is 609 g/mol. The Kier molecular flexibility index (Phi) is 9.53. The zero-order valence-corrected chi connectivity index (χ0v) is 25.7. The summed E-state index contributed by atoms with van der Waals surface area (Å²) in [6.45, 7) is 7.80. The summed E-state index contributed by atoms with van der Waals surface area (Å²) in [7, 11) is 3.36. The van der Waals surface area contributed by atoms with Crippen molar-refractivity contribution >= 4 is 23.2 Å². The number of amides is 1. The van der Waals surface area contributed by atoms with E-state index in [-0.39, 0.29) is 35.7 Å². The van der Waals surface area contributed by atoms with Gasteiger partial charge in [0.25, 0.3) is 11.5 Å². The second-order valence-electron chi connectivity index (χ2n) is 11.1. The number of carbonyl (C=O) groups excluding carboxylic acids is 2. The monoisotopic (exact) mass is 608 g/mol. The van der Waals surface area contributed by atoms with E-state index >= 15 is 0 Å². The molecule has 1 amide bonds. The zero-order chi connectivity index (χ0) is 32.1. The number of likely N-dealkylation sites (N-methyl/N-ethyl adjacent to an activating group) is 1. The first-order valence-corrected chi connectivity index (χ1v) is 14.9. The van der Waals surface area contributed by atoms with Gasteiger partial charge in [-0.15, -0.1) is 0 Å². The van der Waals surface area contributed by atoms with E-state index < -0.39 is 5.82 Å². The first kappa shape index (κ1) is 31.3. The van der Waals surface area contributed by atoms with Gasteiger partial charge in [0.2, 0.25) is 0 Å². The lowest BCUT2D eigenvalue weighted by Gasteiger charge is -2.21. The number of ketones is 1. The first-order valence-electron chi connectivity index (χ1n) is 14.9. The van der Waals surface area contributed by atoms with E-state index in [4.69, 9.17) is 0 Å². The topological polar surface area (TPSA) is 108 Å². The Morgan fingerprint density at radius 1 is 0.978 bits per heavy atom. The van der Waals surface area contributed by atoms with E-state index in [0.29, 0.717) is 33.6 Å². The molecule has 3 aromatic carbocycles. The third-order valence-corrected chi connectivity index (χ3v) is 8.09. The minimum absolute atomic E-state index is 0.103. The maximum absolute atomic E-state index is 14.1. The molecule has 45 heavy (non-hydrogen) atoms. The molecule has 1 aromatic heterocycles. The Hall–Kier alpha value is -5.09. The summed E-state index contributed by atoms with van der Waals surface area (Å²) in [5, 5.41) is 8.78. The fourth-order valence-corrected chi connectivity index (χ4v) is 5.36. The molecule has 1 fully saturated rings. The number of benzene rings is 3. The van der Waals surface area contributed by atoms with Crippen molar-refractivity contribution in [1.82, 2.24) is 20.2 Å². The molecule has 4 aromatic rings. The van der Waals surface area contributed by atoms with Crippen molar-refractivity contribution in [3.05, 3.63) is 124 Å². The van der Waals surface area contributed by atoms with Crippen LogP contribution < -0.4 is 26.4 Å². The fourth-order valence-electron chi connectivity index (χ4n) is 5.36. The van der Waals surface area contributed by atoms with Gasteiger partial charge in [-0.1, -0.05) is 18.7 Å². The Bertz CT molecular complexity index is 1790. The smallest absolute Gasteiger partial charge is 0.294 e. The zero-order valence-electron chi connectivity index (χ0n) is 25.7. The molecule has 9 nitrogen and oxygen atoms in total. The molecule has 0 bridgehead atoms. The third kappa shape index (κ3) is 7.02. The number of halogens is 1. The fraction of sp³-hybridized carbons (Fsp3) is 0.257. The minimum Gasteiger partial charge on any atom is -0.372 e. The number of aromatic nitrogens is 2. The first-order chi connectivity index (χ1) is 21.7. The van der Waals surface area contributed by atoms with E-state index in [1.165, 1.54) is 24.3 Å². The molecule has 232 valence electrons. The number of hydrogen-bond acceptors (Lipinski definition) is 7. The van der Waals surface area contributed by atoms with Crippen molar-refractivity contribution in [2.45, 2.75) is 32.4 Å². The second kappa shape index (κ2) is 13.7. The standard InChI is InChI=1S/C35H37FN6O3/c1-22(37-3)23(2)40-33-35(45)42(31(20-39-33)26-8-7-9-27(18-26)34(44)38-4)21-24-16-28(19-30(17-24)41-14-5-6-15-41)32(43)25-10-12-29(36)13-11-25/h7-13,16-20,22,37H,2,5-6,14-15,21H2,1,3-4H3,(H,38,44)(H,39,40)/t22-/m0/s1. The van der Waals surface area contributed by atoms with Crippen molar-refractivity contribution in [3.8, 4) is 11.3 Å². The van der Waals surface area contributed by atoms with Crippen LogP contribution in [-0.4, -0.2) is 54.5 Å². The van der Waals surface area contributed by atoms with Crippen LogP contribution in [0.25, 0.3) is 11.3 Å². The molecule has 1 saturated heterocycles. The molecule has 0 spiro atoms. The molecule has 0 radical (unpaired) electrons. The van der Waals surface area contributed by atoms with Gasteiger partial charge in [0.15, 0.2) is 11.6 Å². The third-order valence-electron chi connectivity index (χ3n) is 8.09. The molecular formula is C35H37FN6O3. The summed E-state index contributed by atoms with van der Waals surface area (Å²) in [4.78, 5) is 46.8. The maximum Gasteiger partial charge on any atom is 0.294 e. The highest BCUT2D eigenvalue weighted by atomic mass is 19.1. The number of nitrogens with zero attached hydrogens (tertiary/aromatic N) is 3. The predicted octanol–water partition coefficient (Wildman–Crippen LogP) is 4.82. The summed E-state index contributed by atoms with van der Waals surface area (Å²) in [5.74, 6) is -0.805. The molecule has 0 aliphatic carbocycles. The summed E-state index contributed by atoms with van der Waals surface area (Å²) >= 11 is 0. The van der Waals surface area contributed by atoms with Crippen LogP contribution in [0.4, 0.5) is 15.9 Å². The summed E-state index contributed by atoms with van der Waals surface area (Å²) in [6.07, 6.45) is 3.69. The van der Waals surface area contributed by atoms with E-state index in [1.807, 2.05) is 25.1 Å². The van der Waals surface area contributed by atoms with Crippen molar-refractivity contribution in [2.24, 2.45) is 0 Å². The lowest BCUT2D eigenvalue weighted by molar-refractivity contribution is 0.0962. The van der Waals surface area contributed by atoms with E-state index in [9.17, 15) is 18.8 Å². The lowest BCUT2D eigenvalue weighted by Crippen LogP contribution is -2.31. The number of carbonyl (C=O) groups is 2. The van der Waals surface area contributed by atoms with Gasteiger partial charge in [-0.2, -0.15) is 0 Å². The molecule has 2 heterocycles. The second-order valence-corrected chi connectivity index (χ2v) is 11.1. The number of rotatable bonds is 11. The van der Waals surface area contributed by atoms with Crippen LogP contribution in [0.3, 0.4) is 0 Å². The summed E-state index contributed by atoms with van der Waals surface area (Å²) < 4.78 is 15.2. The van der Waals surface area contributed by atoms with Gasteiger partial charge >= 0.3 is 0 Å². The molecule has 0 saturated carbocycles. The molecule has 1 aliphatic rings. The van der Waals surface area contributed by atoms with Crippen LogP contribution in [0.15, 0.2) is 90.0 Å². The van der Waals surface area contributed by atoms with Gasteiger partial charge in [0, 0.05) is 59.8 Å². The lowest BCUT2D eigenvalue weighted by atomic mass is 9.99. The summed E-state index contributed by atoms with van der Waals surface area (Å²) in [5.41, 5.74) is 4.19. The van der Waals surface area contributed by atoms with Gasteiger partial charge in [-0.25, -0.2) is 9.37 Å². The van der Waals surface area contributed by atoms with Crippen LogP contribution in [0.1, 0.15) is 51.6 Å². The normalized spacial score (nSPS) is 13.4.